The van der Waals surface area contributed by atoms with Gasteiger partial charge < -0.3 is 14.7 Å². The van der Waals surface area contributed by atoms with E-state index in [4.69, 9.17) is 9.84 Å². The van der Waals surface area contributed by atoms with Gasteiger partial charge in [0.25, 0.3) is 5.91 Å². The summed E-state index contributed by atoms with van der Waals surface area (Å²) in [5, 5.41) is 13.0. The van der Waals surface area contributed by atoms with Gasteiger partial charge in [0.2, 0.25) is 0 Å². The fourth-order valence-electron chi connectivity index (χ4n) is 2.98. The van der Waals surface area contributed by atoms with Gasteiger partial charge >= 0.3 is 5.97 Å². The highest BCUT2D eigenvalue weighted by Crippen LogP contribution is 2.25. The average molecular weight is 294 g/mol. The molecule has 1 aromatic rings. The predicted molar refractivity (Wildman–Crippen MR) is 70.4 cm³/mol. The summed E-state index contributed by atoms with van der Waals surface area (Å²) in [5.74, 6) is -1.10. The van der Waals surface area contributed by atoms with E-state index >= 15 is 0 Å². The van der Waals surface area contributed by atoms with Crippen molar-refractivity contribution in [3.05, 3.63) is 12.7 Å². The van der Waals surface area contributed by atoms with Crippen molar-refractivity contribution in [2.75, 3.05) is 13.1 Å². The number of likely N-dealkylation sites (tertiary alicyclic amines) is 1. The first-order valence-corrected chi connectivity index (χ1v) is 7.16. The number of carboxylic acids is 1. The van der Waals surface area contributed by atoms with Gasteiger partial charge in [-0.15, -0.1) is 0 Å². The summed E-state index contributed by atoms with van der Waals surface area (Å²) in [6, 6.07) is 0.127. The van der Waals surface area contributed by atoms with Crippen molar-refractivity contribution in [2.24, 2.45) is 0 Å². The van der Waals surface area contributed by atoms with Gasteiger partial charge in [-0.3, -0.25) is 4.79 Å². The van der Waals surface area contributed by atoms with Crippen LogP contribution < -0.4 is 0 Å². The molecular weight excluding hydrogens is 276 g/mol. The van der Waals surface area contributed by atoms with Crippen LogP contribution in [-0.4, -0.2) is 61.9 Å². The Balaban J connectivity index is 1.61. The Labute approximate surface area is 121 Å². The Morgan fingerprint density at radius 3 is 2.71 bits per heavy atom. The smallest absolute Gasteiger partial charge is 0.332 e. The largest absolute Gasteiger partial charge is 0.479 e. The number of carbonyl (C=O) groups excluding carboxylic acids is 1. The highest BCUT2D eigenvalue weighted by molar-refractivity contribution is 5.82. The van der Waals surface area contributed by atoms with Crippen LogP contribution in [0.1, 0.15) is 31.7 Å². The molecule has 1 amide bonds. The Hall–Kier alpha value is -1.96. The molecule has 0 aromatic carbocycles. The quantitative estimate of drug-likeness (QED) is 0.847. The Morgan fingerprint density at radius 1 is 1.24 bits per heavy atom. The normalized spacial score (nSPS) is 29.5. The summed E-state index contributed by atoms with van der Waals surface area (Å²) >= 11 is 0. The number of hydrogen-bond acceptors (Lipinski definition) is 5. The third-order valence-corrected chi connectivity index (χ3v) is 4.09. The number of hydrogen-bond donors (Lipinski definition) is 1. The summed E-state index contributed by atoms with van der Waals surface area (Å²) < 4.78 is 7.11. The van der Waals surface area contributed by atoms with Gasteiger partial charge in [0.15, 0.2) is 6.10 Å². The minimum absolute atomic E-state index is 0.108. The Morgan fingerprint density at radius 2 is 2.05 bits per heavy atom. The molecule has 21 heavy (non-hydrogen) atoms. The topological polar surface area (TPSA) is 97.6 Å². The molecule has 2 aliphatic rings. The van der Waals surface area contributed by atoms with Crippen molar-refractivity contribution in [1.82, 2.24) is 19.7 Å². The number of aliphatic carboxylic acids is 1. The number of carboxylic acid groups (broad SMARTS) is 1. The Bertz CT molecular complexity index is 518. The fourth-order valence-corrected chi connectivity index (χ4v) is 2.98. The zero-order valence-corrected chi connectivity index (χ0v) is 11.6. The van der Waals surface area contributed by atoms with E-state index in [0.29, 0.717) is 25.9 Å². The molecule has 2 aliphatic heterocycles. The van der Waals surface area contributed by atoms with Gasteiger partial charge in [-0.1, -0.05) is 0 Å². The monoisotopic (exact) mass is 294 g/mol. The van der Waals surface area contributed by atoms with Crippen LogP contribution in [0.5, 0.6) is 0 Å². The summed E-state index contributed by atoms with van der Waals surface area (Å²) in [6.45, 7) is 1.25. The van der Waals surface area contributed by atoms with E-state index in [-0.39, 0.29) is 11.9 Å². The SMILES string of the molecule is O=C(O)[C@H]1CC[C@@H](C(=O)N2CCCC(n3cncn3)C2)O1. The summed E-state index contributed by atoms with van der Waals surface area (Å²) in [4.78, 5) is 29.0. The summed E-state index contributed by atoms with van der Waals surface area (Å²) in [6.07, 6.45) is 4.38. The minimum atomic E-state index is -0.996. The second-order valence-electron chi connectivity index (χ2n) is 5.48. The maximum absolute atomic E-state index is 12.4. The lowest BCUT2D eigenvalue weighted by Gasteiger charge is -2.33. The van der Waals surface area contributed by atoms with E-state index in [0.717, 1.165) is 12.8 Å². The minimum Gasteiger partial charge on any atom is -0.479 e. The van der Waals surface area contributed by atoms with Gasteiger partial charge in [0.05, 0.1) is 6.04 Å². The lowest BCUT2D eigenvalue weighted by molar-refractivity contribution is -0.155. The summed E-state index contributed by atoms with van der Waals surface area (Å²) in [7, 11) is 0. The molecule has 1 aromatic heterocycles. The van der Waals surface area contributed by atoms with E-state index in [1.807, 2.05) is 0 Å². The van der Waals surface area contributed by atoms with Gasteiger partial charge in [0.1, 0.15) is 18.8 Å². The van der Waals surface area contributed by atoms with Crippen LogP contribution in [0.2, 0.25) is 0 Å². The van der Waals surface area contributed by atoms with Crippen LogP contribution in [0, 0.1) is 0 Å². The van der Waals surface area contributed by atoms with Crippen molar-refractivity contribution < 1.29 is 19.4 Å². The molecule has 3 rings (SSSR count). The maximum atomic E-state index is 12.4. The third-order valence-electron chi connectivity index (χ3n) is 4.09. The highest BCUT2D eigenvalue weighted by atomic mass is 16.5. The maximum Gasteiger partial charge on any atom is 0.332 e. The molecule has 0 radical (unpaired) electrons. The molecule has 3 heterocycles. The van der Waals surface area contributed by atoms with Gasteiger partial charge in [-0.2, -0.15) is 5.10 Å². The van der Waals surface area contributed by atoms with Crippen LogP contribution >= 0.6 is 0 Å². The molecule has 8 heteroatoms. The first kappa shape index (κ1) is 14.0. The molecule has 2 saturated heterocycles. The first-order valence-electron chi connectivity index (χ1n) is 7.16. The molecule has 114 valence electrons. The van der Waals surface area contributed by atoms with Crippen LogP contribution in [0.25, 0.3) is 0 Å². The number of rotatable bonds is 3. The Kier molecular flexibility index (Phi) is 3.87. The average Bonchev–Trinajstić information content (AvgIpc) is 3.18. The number of piperidine rings is 1. The van der Waals surface area contributed by atoms with Crippen LogP contribution in [-0.2, 0) is 14.3 Å². The van der Waals surface area contributed by atoms with Crippen LogP contribution in [0.3, 0.4) is 0 Å². The molecule has 1 N–H and O–H groups in total. The molecular formula is C13H18N4O4. The molecule has 8 nitrogen and oxygen atoms in total. The molecule has 2 fully saturated rings. The molecule has 1 unspecified atom stereocenters. The van der Waals surface area contributed by atoms with Gasteiger partial charge in [-0.25, -0.2) is 14.5 Å². The van der Waals surface area contributed by atoms with Gasteiger partial charge in [-0.05, 0) is 25.7 Å². The summed E-state index contributed by atoms with van der Waals surface area (Å²) in [5.41, 5.74) is 0. The number of carbonyl (C=O) groups is 2. The van der Waals surface area contributed by atoms with E-state index in [1.54, 1.807) is 15.9 Å². The third kappa shape index (κ3) is 2.90. The van der Waals surface area contributed by atoms with Gasteiger partial charge in [0, 0.05) is 13.1 Å². The first-order chi connectivity index (χ1) is 10.1. The molecule has 0 aliphatic carbocycles. The van der Waals surface area contributed by atoms with Crippen LogP contribution in [0.4, 0.5) is 0 Å². The lowest BCUT2D eigenvalue weighted by atomic mass is 10.0. The van der Waals surface area contributed by atoms with E-state index in [1.165, 1.54) is 6.33 Å². The van der Waals surface area contributed by atoms with Crippen molar-refractivity contribution in [2.45, 2.75) is 43.9 Å². The molecule has 0 spiro atoms. The van der Waals surface area contributed by atoms with Crippen LogP contribution in [0.15, 0.2) is 12.7 Å². The number of ether oxygens (including phenoxy) is 1. The van der Waals surface area contributed by atoms with E-state index in [9.17, 15) is 9.59 Å². The predicted octanol–water partition coefficient (Wildman–Crippen LogP) is 0.0738. The standard InChI is InChI=1S/C13H18N4O4/c18-12(10-3-4-11(21-10)13(19)20)16-5-1-2-9(6-16)17-8-14-7-15-17/h7-11H,1-6H2,(H,19,20)/t9?,10-,11+/m0/s1. The number of nitrogens with zero attached hydrogens (tertiary/aromatic N) is 4. The second-order valence-corrected chi connectivity index (χ2v) is 5.48. The number of amides is 1. The van der Waals surface area contributed by atoms with E-state index in [2.05, 4.69) is 10.1 Å². The zero-order valence-electron chi connectivity index (χ0n) is 11.6. The molecule has 0 bridgehead atoms. The van der Waals surface area contributed by atoms with Crippen molar-refractivity contribution in [3.8, 4) is 0 Å². The van der Waals surface area contributed by atoms with E-state index < -0.39 is 18.2 Å². The van der Waals surface area contributed by atoms with Crippen molar-refractivity contribution in [3.63, 3.8) is 0 Å². The fraction of sp³-hybridized carbons (Fsp3) is 0.692. The van der Waals surface area contributed by atoms with Crippen molar-refractivity contribution >= 4 is 11.9 Å². The second kappa shape index (κ2) is 5.80. The number of aromatic nitrogens is 3. The zero-order chi connectivity index (χ0) is 14.8. The highest BCUT2D eigenvalue weighted by Gasteiger charge is 2.38. The lowest BCUT2D eigenvalue weighted by Crippen LogP contribution is -2.45. The molecule has 3 atom stereocenters. The van der Waals surface area contributed by atoms with Crippen molar-refractivity contribution in [1.29, 1.82) is 0 Å². The molecule has 0 saturated carbocycles.